The molecule has 0 saturated carbocycles. The molecule has 0 saturated heterocycles. The molecule has 0 spiro atoms. The highest BCUT2D eigenvalue weighted by Crippen LogP contribution is 2.23. The SMILES string of the molecule is Cc1ccc(C(=O)Oc2ccc(Br)cc2/C=N/NC(=O)C(C)Oc2ccc(Br)cc2)cc1. The standard InChI is InChI=1S/C24H20Br2N2O4/c1-15-3-5-17(6-4-15)24(30)32-22-12-9-20(26)13-18(22)14-27-28-23(29)16(2)31-21-10-7-19(25)8-11-21/h3-14,16H,1-2H3,(H,28,29)/b27-14+. The van der Waals surface area contributed by atoms with E-state index in [2.05, 4.69) is 42.4 Å². The van der Waals surface area contributed by atoms with Crippen molar-refractivity contribution in [2.24, 2.45) is 5.10 Å². The van der Waals surface area contributed by atoms with Gasteiger partial charge in [0.25, 0.3) is 5.91 Å². The van der Waals surface area contributed by atoms with Gasteiger partial charge in [0.05, 0.1) is 11.8 Å². The van der Waals surface area contributed by atoms with Gasteiger partial charge in [0.2, 0.25) is 0 Å². The van der Waals surface area contributed by atoms with E-state index in [0.29, 0.717) is 22.6 Å². The van der Waals surface area contributed by atoms with Crippen LogP contribution in [0, 0.1) is 6.92 Å². The molecule has 0 bridgehead atoms. The number of nitrogens with one attached hydrogen (secondary N) is 1. The molecule has 8 heteroatoms. The molecular formula is C24H20Br2N2O4. The smallest absolute Gasteiger partial charge is 0.343 e. The molecule has 0 radical (unpaired) electrons. The molecule has 0 fully saturated rings. The van der Waals surface area contributed by atoms with Gasteiger partial charge < -0.3 is 9.47 Å². The molecule has 3 rings (SSSR count). The van der Waals surface area contributed by atoms with E-state index < -0.39 is 18.0 Å². The molecule has 0 aromatic heterocycles. The molecule has 0 aliphatic heterocycles. The van der Waals surface area contributed by atoms with E-state index >= 15 is 0 Å². The fourth-order valence-electron chi connectivity index (χ4n) is 2.59. The maximum atomic E-state index is 12.5. The second-order valence-electron chi connectivity index (χ2n) is 6.89. The first kappa shape index (κ1) is 23.7. The molecule has 3 aromatic carbocycles. The summed E-state index contributed by atoms with van der Waals surface area (Å²) >= 11 is 6.74. The van der Waals surface area contributed by atoms with Crippen LogP contribution in [0.4, 0.5) is 0 Å². The van der Waals surface area contributed by atoms with Crippen LogP contribution in [0.2, 0.25) is 0 Å². The van der Waals surface area contributed by atoms with Gasteiger partial charge in [0.1, 0.15) is 11.5 Å². The van der Waals surface area contributed by atoms with E-state index in [1.54, 1.807) is 49.4 Å². The Labute approximate surface area is 202 Å². The van der Waals surface area contributed by atoms with E-state index in [4.69, 9.17) is 9.47 Å². The first-order chi connectivity index (χ1) is 15.3. The lowest BCUT2D eigenvalue weighted by Gasteiger charge is -2.13. The van der Waals surface area contributed by atoms with Gasteiger partial charge in [-0.15, -0.1) is 0 Å². The highest BCUT2D eigenvalue weighted by Gasteiger charge is 2.15. The minimum atomic E-state index is -0.755. The van der Waals surface area contributed by atoms with Crippen molar-refractivity contribution in [3.63, 3.8) is 0 Å². The highest BCUT2D eigenvalue weighted by molar-refractivity contribution is 9.10. The Morgan fingerprint density at radius 3 is 2.31 bits per heavy atom. The quantitative estimate of drug-likeness (QED) is 0.175. The van der Waals surface area contributed by atoms with Gasteiger partial charge in [0, 0.05) is 14.5 Å². The van der Waals surface area contributed by atoms with Crippen molar-refractivity contribution in [3.8, 4) is 11.5 Å². The topological polar surface area (TPSA) is 77.0 Å². The Morgan fingerprint density at radius 2 is 1.62 bits per heavy atom. The first-order valence-corrected chi connectivity index (χ1v) is 11.2. The minimum Gasteiger partial charge on any atom is -0.481 e. The summed E-state index contributed by atoms with van der Waals surface area (Å²) < 4.78 is 12.8. The molecule has 0 heterocycles. The van der Waals surface area contributed by atoms with Crippen molar-refractivity contribution < 1.29 is 19.1 Å². The summed E-state index contributed by atoms with van der Waals surface area (Å²) in [5.74, 6) is -0.0204. The van der Waals surface area contributed by atoms with Crippen LogP contribution in [0.15, 0.2) is 80.8 Å². The van der Waals surface area contributed by atoms with Crippen molar-refractivity contribution in [1.29, 1.82) is 0 Å². The second-order valence-corrected chi connectivity index (χ2v) is 8.72. The van der Waals surface area contributed by atoms with Crippen LogP contribution in [-0.2, 0) is 4.79 Å². The second kappa shape index (κ2) is 11.1. The van der Waals surface area contributed by atoms with Gasteiger partial charge in [-0.1, -0.05) is 49.6 Å². The van der Waals surface area contributed by atoms with Crippen molar-refractivity contribution in [1.82, 2.24) is 5.43 Å². The van der Waals surface area contributed by atoms with Gasteiger partial charge in [-0.25, -0.2) is 10.2 Å². The van der Waals surface area contributed by atoms with Crippen LogP contribution < -0.4 is 14.9 Å². The molecule has 32 heavy (non-hydrogen) atoms. The van der Waals surface area contributed by atoms with Crippen LogP contribution in [-0.4, -0.2) is 24.2 Å². The molecule has 0 aliphatic rings. The average Bonchev–Trinajstić information content (AvgIpc) is 2.77. The number of nitrogens with zero attached hydrogens (tertiary/aromatic N) is 1. The van der Waals surface area contributed by atoms with E-state index in [9.17, 15) is 9.59 Å². The highest BCUT2D eigenvalue weighted by atomic mass is 79.9. The Hall–Kier alpha value is -2.97. The molecule has 1 unspecified atom stereocenters. The number of carbonyl (C=O) groups is 2. The largest absolute Gasteiger partial charge is 0.481 e. The van der Waals surface area contributed by atoms with Gasteiger partial charge in [0.15, 0.2) is 6.10 Å². The van der Waals surface area contributed by atoms with E-state index in [-0.39, 0.29) is 0 Å². The summed E-state index contributed by atoms with van der Waals surface area (Å²) in [5.41, 5.74) is 4.44. The molecule has 6 nitrogen and oxygen atoms in total. The van der Waals surface area contributed by atoms with Gasteiger partial charge in [-0.3, -0.25) is 4.79 Å². The maximum Gasteiger partial charge on any atom is 0.343 e. The first-order valence-electron chi connectivity index (χ1n) is 9.65. The lowest BCUT2D eigenvalue weighted by atomic mass is 10.1. The predicted molar refractivity (Wildman–Crippen MR) is 130 cm³/mol. The van der Waals surface area contributed by atoms with E-state index in [1.165, 1.54) is 6.21 Å². The molecule has 1 amide bonds. The number of ether oxygens (including phenoxy) is 2. The van der Waals surface area contributed by atoms with Crippen LogP contribution >= 0.6 is 31.9 Å². The van der Waals surface area contributed by atoms with E-state index in [1.807, 2.05) is 31.2 Å². The molecule has 1 atom stereocenters. The van der Waals surface area contributed by atoms with Crippen LogP contribution in [0.1, 0.15) is 28.4 Å². The summed E-state index contributed by atoms with van der Waals surface area (Å²) in [5, 5.41) is 3.99. The lowest BCUT2D eigenvalue weighted by Crippen LogP contribution is -2.33. The normalized spacial score (nSPS) is 11.8. The zero-order valence-electron chi connectivity index (χ0n) is 17.3. The molecule has 164 valence electrons. The molecule has 3 aromatic rings. The zero-order valence-corrected chi connectivity index (χ0v) is 20.5. The number of carbonyl (C=O) groups excluding carboxylic acids is 2. The Balaban J connectivity index is 1.65. The Bertz CT molecular complexity index is 1130. The van der Waals surface area contributed by atoms with Crippen LogP contribution in [0.25, 0.3) is 0 Å². The summed E-state index contributed by atoms with van der Waals surface area (Å²) in [6.45, 7) is 3.57. The number of hydrazone groups is 1. The van der Waals surface area contributed by atoms with Gasteiger partial charge in [-0.05, 0) is 68.4 Å². The molecular weight excluding hydrogens is 540 g/mol. The lowest BCUT2D eigenvalue weighted by molar-refractivity contribution is -0.127. The molecule has 1 N–H and O–H groups in total. The number of aryl methyl sites for hydroxylation is 1. The number of esters is 1. The third-order valence-electron chi connectivity index (χ3n) is 4.34. The van der Waals surface area contributed by atoms with Gasteiger partial charge >= 0.3 is 5.97 Å². The monoisotopic (exact) mass is 558 g/mol. The fraction of sp³-hybridized carbons (Fsp3) is 0.125. The van der Waals surface area contributed by atoms with Crippen molar-refractivity contribution in [2.75, 3.05) is 0 Å². The number of benzene rings is 3. The van der Waals surface area contributed by atoms with E-state index in [0.717, 1.165) is 14.5 Å². The molecule has 0 aliphatic carbocycles. The predicted octanol–water partition coefficient (Wildman–Crippen LogP) is 5.66. The Kier molecular flexibility index (Phi) is 8.19. The minimum absolute atomic E-state index is 0.316. The van der Waals surface area contributed by atoms with Crippen molar-refractivity contribution in [3.05, 3.63) is 92.4 Å². The summed E-state index contributed by atoms with van der Waals surface area (Å²) in [4.78, 5) is 24.8. The third-order valence-corrected chi connectivity index (χ3v) is 5.36. The number of hydrogen-bond donors (Lipinski definition) is 1. The number of hydrogen-bond acceptors (Lipinski definition) is 5. The van der Waals surface area contributed by atoms with Crippen molar-refractivity contribution >= 4 is 50.0 Å². The number of halogens is 2. The number of amides is 1. The van der Waals surface area contributed by atoms with Gasteiger partial charge in [-0.2, -0.15) is 5.10 Å². The maximum absolute atomic E-state index is 12.5. The summed E-state index contributed by atoms with van der Waals surface area (Å²) in [6, 6.07) is 19.4. The van der Waals surface area contributed by atoms with Crippen LogP contribution in [0.3, 0.4) is 0 Å². The fourth-order valence-corrected chi connectivity index (χ4v) is 3.23. The van der Waals surface area contributed by atoms with Crippen molar-refractivity contribution in [2.45, 2.75) is 20.0 Å². The zero-order chi connectivity index (χ0) is 23.1. The third kappa shape index (κ3) is 6.77. The summed E-state index contributed by atoms with van der Waals surface area (Å²) in [6.07, 6.45) is 0.655. The van der Waals surface area contributed by atoms with Crippen LogP contribution in [0.5, 0.6) is 11.5 Å². The average molecular weight is 560 g/mol. The summed E-state index contributed by atoms with van der Waals surface area (Å²) in [7, 11) is 0. The number of rotatable bonds is 7. The Morgan fingerprint density at radius 1 is 0.969 bits per heavy atom.